The third-order valence-corrected chi connectivity index (χ3v) is 5.27. The molecule has 7 nitrogen and oxygen atoms in total. The number of carbonyl (C=O) groups excluding carboxylic acids is 2. The summed E-state index contributed by atoms with van der Waals surface area (Å²) in [6, 6.07) is 16.5. The van der Waals surface area contributed by atoms with E-state index in [0.717, 1.165) is 24.1 Å². The summed E-state index contributed by atoms with van der Waals surface area (Å²) in [6.07, 6.45) is 3.34. The molecule has 0 bridgehead atoms. The molecule has 1 spiro atoms. The van der Waals surface area contributed by atoms with Crippen molar-refractivity contribution < 1.29 is 9.59 Å². The number of para-hydroxylation sites is 1. The number of hydrogen-bond acceptors (Lipinski definition) is 3. The van der Waals surface area contributed by atoms with Crippen LogP contribution in [0.4, 0.5) is 16.2 Å². The molecule has 144 valence electrons. The fraction of sp³-hybridized carbons (Fsp3) is 0.286. The molecule has 1 saturated carbocycles. The zero-order valence-electron chi connectivity index (χ0n) is 15.5. The molecule has 2 aromatic rings. The molecule has 3 amide bonds. The molecule has 7 heteroatoms. The number of rotatable bonds is 4. The van der Waals surface area contributed by atoms with Gasteiger partial charge in [0.1, 0.15) is 5.54 Å². The van der Waals surface area contributed by atoms with Gasteiger partial charge in [-0.1, -0.05) is 43.2 Å². The van der Waals surface area contributed by atoms with Crippen molar-refractivity contribution in [2.75, 3.05) is 10.2 Å². The largest absolute Gasteiger partial charge is 0.370 e. The predicted octanol–water partition coefficient (Wildman–Crippen LogP) is 2.98. The standard InChI is InChI=1S/C21H23N5O2/c22-19(24-16-8-2-1-3-9-16)23-14-15-7-6-10-17(13-15)26-18(27)21(25-20(26)28)11-4-5-12-21/h1-3,6-10,13H,4-5,11-12,14H2,(H,25,28)(H3,22,23,24). The van der Waals surface area contributed by atoms with Gasteiger partial charge in [0, 0.05) is 5.69 Å². The van der Waals surface area contributed by atoms with Crippen LogP contribution >= 0.6 is 0 Å². The summed E-state index contributed by atoms with van der Waals surface area (Å²) in [4.78, 5) is 31.0. The van der Waals surface area contributed by atoms with Crippen LogP contribution in [0.15, 0.2) is 59.6 Å². The Hall–Kier alpha value is -3.35. The normalized spacial score (nSPS) is 18.6. The van der Waals surface area contributed by atoms with Crippen LogP contribution in [-0.2, 0) is 11.3 Å². The van der Waals surface area contributed by atoms with E-state index in [4.69, 9.17) is 5.73 Å². The molecule has 2 aliphatic rings. The van der Waals surface area contributed by atoms with Crippen LogP contribution in [0.25, 0.3) is 0 Å². The second-order valence-corrected chi connectivity index (χ2v) is 7.22. The van der Waals surface area contributed by atoms with Crippen molar-refractivity contribution in [1.29, 1.82) is 0 Å². The van der Waals surface area contributed by atoms with Gasteiger partial charge in [0.05, 0.1) is 12.2 Å². The summed E-state index contributed by atoms with van der Waals surface area (Å²) in [5, 5.41) is 5.93. The molecule has 4 rings (SSSR count). The second kappa shape index (κ2) is 7.34. The number of nitrogens with zero attached hydrogens (tertiary/aromatic N) is 2. The minimum absolute atomic E-state index is 0.152. The molecule has 2 aromatic carbocycles. The summed E-state index contributed by atoms with van der Waals surface area (Å²) in [5.41, 5.74) is 7.52. The highest BCUT2D eigenvalue weighted by Gasteiger charge is 2.52. The SMILES string of the molecule is NC(=NCc1cccc(N2C(=O)NC3(CCCC3)C2=O)c1)Nc1ccccc1. The maximum atomic E-state index is 12.9. The van der Waals surface area contributed by atoms with E-state index in [2.05, 4.69) is 15.6 Å². The highest BCUT2D eigenvalue weighted by atomic mass is 16.2. The smallest absolute Gasteiger partial charge is 0.329 e. The third kappa shape index (κ3) is 3.43. The van der Waals surface area contributed by atoms with Crippen LogP contribution in [0.3, 0.4) is 0 Å². The Morgan fingerprint density at radius 3 is 2.61 bits per heavy atom. The number of guanidine groups is 1. The van der Waals surface area contributed by atoms with Crippen molar-refractivity contribution in [1.82, 2.24) is 5.32 Å². The Labute approximate surface area is 163 Å². The van der Waals surface area contributed by atoms with Gasteiger partial charge in [-0.05, 0) is 42.7 Å². The molecule has 2 fully saturated rings. The lowest BCUT2D eigenvalue weighted by atomic mass is 9.98. The van der Waals surface area contributed by atoms with Gasteiger partial charge in [-0.15, -0.1) is 0 Å². The lowest BCUT2D eigenvalue weighted by Crippen LogP contribution is -2.44. The van der Waals surface area contributed by atoms with E-state index in [9.17, 15) is 9.59 Å². The van der Waals surface area contributed by atoms with Crippen LogP contribution in [-0.4, -0.2) is 23.4 Å². The summed E-state index contributed by atoms with van der Waals surface area (Å²) >= 11 is 0. The Kier molecular flexibility index (Phi) is 4.73. The molecule has 1 aliphatic carbocycles. The fourth-order valence-electron chi connectivity index (χ4n) is 3.85. The Balaban J connectivity index is 1.48. The van der Waals surface area contributed by atoms with E-state index in [-0.39, 0.29) is 11.9 Å². The minimum Gasteiger partial charge on any atom is -0.370 e. The van der Waals surface area contributed by atoms with Gasteiger partial charge in [-0.2, -0.15) is 0 Å². The van der Waals surface area contributed by atoms with E-state index in [0.29, 0.717) is 31.0 Å². The highest BCUT2D eigenvalue weighted by molar-refractivity contribution is 6.23. The van der Waals surface area contributed by atoms with E-state index in [1.54, 1.807) is 6.07 Å². The predicted molar refractivity (Wildman–Crippen MR) is 109 cm³/mol. The van der Waals surface area contributed by atoms with Gasteiger partial charge < -0.3 is 16.4 Å². The monoisotopic (exact) mass is 377 g/mol. The van der Waals surface area contributed by atoms with E-state index < -0.39 is 5.54 Å². The van der Waals surface area contributed by atoms with Crippen LogP contribution in [0.5, 0.6) is 0 Å². The maximum absolute atomic E-state index is 12.9. The van der Waals surface area contributed by atoms with E-state index in [1.807, 2.05) is 48.5 Å². The average Bonchev–Trinajstić information content (AvgIpc) is 3.26. The fourth-order valence-corrected chi connectivity index (χ4v) is 3.85. The van der Waals surface area contributed by atoms with E-state index in [1.165, 1.54) is 4.90 Å². The number of aliphatic imine (C=N–C) groups is 1. The van der Waals surface area contributed by atoms with Gasteiger partial charge in [0.2, 0.25) is 0 Å². The van der Waals surface area contributed by atoms with Crippen LogP contribution in [0.2, 0.25) is 0 Å². The van der Waals surface area contributed by atoms with Crippen molar-refractivity contribution in [3.8, 4) is 0 Å². The van der Waals surface area contributed by atoms with E-state index >= 15 is 0 Å². The molecule has 1 heterocycles. The average molecular weight is 377 g/mol. The van der Waals surface area contributed by atoms with Crippen molar-refractivity contribution in [2.24, 2.45) is 10.7 Å². The third-order valence-electron chi connectivity index (χ3n) is 5.27. The van der Waals surface area contributed by atoms with Crippen molar-refractivity contribution in [2.45, 2.75) is 37.8 Å². The Morgan fingerprint density at radius 2 is 1.86 bits per heavy atom. The number of amides is 3. The number of nitrogens with two attached hydrogens (primary N) is 1. The molecular weight excluding hydrogens is 354 g/mol. The van der Waals surface area contributed by atoms with Crippen molar-refractivity contribution >= 4 is 29.3 Å². The number of anilines is 2. The zero-order valence-corrected chi connectivity index (χ0v) is 15.5. The molecule has 28 heavy (non-hydrogen) atoms. The quantitative estimate of drug-likeness (QED) is 0.433. The second-order valence-electron chi connectivity index (χ2n) is 7.22. The van der Waals surface area contributed by atoms with Crippen LogP contribution < -0.4 is 21.3 Å². The topological polar surface area (TPSA) is 99.8 Å². The Bertz CT molecular complexity index is 919. The molecule has 4 N–H and O–H groups in total. The number of hydrogen-bond donors (Lipinski definition) is 3. The summed E-state index contributed by atoms with van der Waals surface area (Å²) in [5.74, 6) is 0.150. The number of benzene rings is 2. The maximum Gasteiger partial charge on any atom is 0.329 e. The molecule has 0 atom stereocenters. The van der Waals surface area contributed by atoms with Crippen molar-refractivity contribution in [3.63, 3.8) is 0 Å². The summed E-state index contributed by atoms with van der Waals surface area (Å²) in [7, 11) is 0. The summed E-state index contributed by atoms with van der Waals surface area (Å²) < 4.78 is 0. The first-order chi connectivity index (χ1) is 13.6. The highest BCUT2D eigenvalue weighted by Crippen LogP contribution is 2.37. The molecule has 0 unspecified atom stereocenters. The lowest BCUT2D eigenvalue weighted by Gasteiger charge is -2.20. The van der Waals surface area contributed by atoms with Gasteiger partial charge in [0.25, 0.3) is 5.91 Å². The zero-order chi connectivity index (χ0) is 19.6. The van der Waals surface area contributed by atoms with Crippen LogP contribution in [0.1, 0.15) is 31.2 Å². The van der Waals surface area contributed by atoms with Gasteiger partial charge >= 0.3 is 6.03 Å². The first-order valence-corrected chi connectivity index (χ1v) is 9.45. The number of nitrogens with one attached hydrogen (secondary N) is 2. The molecule has 1 aliphatic heterocycles. The minimum atomic E-state index is -0.713. The number of carbonyl (C=O) groups is 2. The molecular formula is C21H23N5O2. The summed E-state index contributed by atoms with van der Waals surface area (Å²) in [6.45, 7) is 0.342. The molecule has 0 radical (unpaired) electrons. The van der Waals surface area contributed by atoms with Crippen LogP contribution in [0, 0.1) is 0 Å². The molecule has 0 aromatic heterocycles. The van der Waals surface area contributed by atoms with Gasteiger partial charge in [0.15, 0.2) is 5.96 Å². The van der Waals surface area contributed by atoms with Crippen molar-refractivity contribution in [3.05, 3.63) is 60.2 Å². The Morgan fingerprint density at radius 1 is 1.11 bits per heavy atom. The first-order valence-electron chi connectivity index (χ1n) is 9.45. The first kappa shape index (κ1) is 18.0. The number of urea groups is 1. The molecule has 1 saturated heterocycles. The number of imide groups is 1. The van der Waals surface area contributed by atoms with Gasteiger partial charge in [-0.3, -0.25) is 4.79 Å². The van der Waals surface area contributed by atoms with Gasteiger partial charge in [-0.25, -0.2) is 14.7 Å². The lowest BCUT2D eigenvalue weighted by molar-refractivity contribution is -0.121.